The second-order valence-electron chi connectivity index (χ2n) is 6.59. The topological polar surface area (TPSA) is 89.6 Å². The predicted molar refractivity (Wildman–Crippen MR) is 115 cm³/mol. The number of carboxylic acids is 1. The molecule has 0 heterocycles. The molecule has 0 aromatic heterocycles. The number of allylic oxidation sites excluding steroid dienone is 2. The molecule has 0 radical (unpaired) electrons. The van der Waals surface area contributed by atoms with Gasteiger partial charge in [0.2, 0.25) is 5.91 Å². The van der Waals surface area contributed by atoms with E-state index in [1.54, 1.807) is 19.1 Å². The first-order valence-corrected chi connectivity index (χ1v) is 9.69. The maximum absolute atomic E-state index is 12.4. The minimum absolute atomic E-state index is 0.330. The number of rotatable bonds is 6. The molecule has 3 N–H and O–H groups in total. The molecule has 3 rings (SSSR count). The number of hydrogen-bond acceptors (Lipinski definition) is 3. The van der Waals surface area contributed by atoms with Crippen molar-refractivity contribution in [3.63, 3.8) is 0 Å². The maximum Gasteiger partial charge on any atom is 0.341 e. The van der Waals surface area contributed by atoms with E-state index in [0.29, 0.717) is 44.5 Å². The Morgan fingerprint density at radius 3 is 2.55 bits per heavy atom. The second-order valence-corrected chi connectivity index (χ2v) is 7.37. The molecule has 2 aromatic carbocycles. The van der Waals surface area contributed by atoms with Crippen LogP contribution in [0.4, 0.5) is 0 Å². The smallest absolute Gasteiger partial charge is 0.341 e. The van der Waals surface area contributed by atoms with Gasteiger partial charge >= 0.3 is 5.97 Å². The second kappa shape index (κ2) is 8.31. The molecule has 5 nitrogen and oxygen atoms in total. The van der Waals surface area contributed by atoms with Crippen LogP contribution in [0.1, 0.15) is 35.6 Å². The quantitative estimate of drug-likeness (QED) is 0.675. The summed E-state index contributed by atoms with van der Waals surface area (Å²) in [5.74, 6) is -1.37. The number of nitrogens with two attached hydrogens (primary N) is 1. The molecule has 0 saturated carbocycles. The number of amides is 1. The Morgan fingerprint density at radius 2 is 1.93 bits per heavy atom. The number of hydrogen-bond donors (Lipinski definition) is 2. The fourth-order valence-corrected chi connectivity index (χ4v) is 3.88. The third kappa shape index (κ3) is 3.88. The molecule has 7 heteroatoms. The van der Waals surface area contributed by atoms with Crippen LogP contribution in [0.15, 0.2) is 35.9 Å². The normalized spacial score (nSPS) is 14.3. The summed E-state index contributed by atoms with van der Waals surface area (Å²) in [5, 5.41) is 9.85. The number of aryl methyl sites for hydroxylation is 1. The summed E-state index contributed by atoms with van der Waals surface area (Å²) < 4.78 is 5.54. The molecule has 0 fully saturated rings. The number of ether oxygens (including phenoxy) is 1. The number of halogens is 2. The summed E-state index contributed by atoms with van der Waals surface area (Å²) in [6.45, 7) is 3.18. The molecule has 1 aliphatic rings. The lowest BCUT2D eigenvalue weighted by molar-refractivity contribution is -0.139. The highest BCUT2D eigenvalue weighted by molar-refractivity contribution is 6.43. The zero-order valence-corrected chi connectivity index (χ0v) is 17.4. The van der Waals surface area contributed by atoms with Crippen molar-refractivity contribution in [2.24, 2.45) is 5.73 Å². The highest BCUT2D eigenvalue weighted by atomic mass is 35.5. The van der Waals surface area contributed by atoms with Gasteiger partial charge in [-0.1, -0.05) is 54.4 Å². The Kier molecular flexibility index (Phi) is 6.01. The van der Waals surface area contributed by atoms with Gasteiger partial charge in [0.25, 0.3) is 0 Å². The Hall–Kier alpha value is -2.76. The van der Waals surface area contributed by atoms with Gasteiger partial charge in [-0.25, -0.2) is 4.79 Å². The molecular weight excluding hydrogens is 413 g/mol. The van der Waals surface area contributed by atoms with E-state index >= 15 is 0 Å². The van der Waals surface area contributed by atoms with Crippen LogP contribution in [0.5, 0.6) is 5.75 Å². The zero-order chi connectivity index (χ0) is 21.3. The molecule has 0 atom stereocenters. The molecule has 0 aliphatic heterocycles. The average molecular weight is 432 g/mol. The number of aliphatic carboxylic acids is 1. The van der Waals surface area contributed by atoms with Crippen molar-refractivity contribution < 1.29 is 19.4 Å². The van der Waals surface area contributed by atoms with Crippen LogP contribution in [0, 0.1) is 6.92 Å². The molecular formula is C22H19Cl2NO4. The summed E-state index contributed by atoms with van der Waals surface area (Å²) in [5.41, 5.74) is 10.2. The van der Waals surface area contributed by atoms with E-state index < -0.39 is 18.5 Å². The zero-order valence-electron chi connectivity index (χ0n) is 15.9. The van der Waals surface area contributed by atoms with Crippen molar-refractivity contribution in [3.05, 3.63) is 68.2 Å². The van der Waals surface area contributed by atoms with Gasteiger partial charge < -0.3 is 15.6 Å². The summed E-state index contributed by atoms with van der Waals surface area (Å²) in [7, 11) is 0. The van der Waals surface area contributed by atoms with E-state index in [2.05, 4.69) is 0 Å². The van der Waals surface area contributed by atoms with Crippen molar-refractivity contribution in [1.29, 1.82) is 0 Å². The Morgan fingerprint density at radius 1 is 1.21 bits per heavy atom. The summed E-state index contributed by atoms with van der Waals surface area (Å²) in [6.07, 6.45) is 2.40. The van der Waals surface area contributed by atoms with Gasteiger partial charge in [-0.05, 0) is 53.3 Å². The lowest BCUT2D eigenvalue weighted by Gasteiger charge is -2.14. The molecule has 1 amide bonds. The average Bonchev–Trinajstić information content (AvgIpc) is 2.98. The van der Waals surface area contributed by atoms with E-state index in [9.17, 15) is 9.59 Å². The molecule has 0 saturated heterocycles. The van der Waals surface area contributed by atoms with Gasteiger partial charge in [0.05, 0.1) is 15.6 Å². The fraction of sp³-hybridized carbons (Fsp3) is 0.182. The lowest BCUT2D eigenvalue weighted by Crippen LogP contribution is -2.16. The van der Waals surface area contributed by atoms with Crippen molar-refractivity contribution in [2.75, 3.05) is 6.61 Å². The lowest BCUT2D eigenvalue weighted by atomic mass is 9.97. The SMILES string of the molecule is CCC1=C(C(N)=O)c2c(ccc(C)c2OCC(=O)O)/C1=C\c1cccc(Cl)c1Cl. The van der Waals surface area contributed by atoms with Crippen LogP contribution < -0.4 is 10.5 Å². The number of carboxylic acid groups (broad SMARTS) is 1. The van der Waals surface area contributed by atoms with Crippen LogP contribution in [-0.2, 0) is 9.59 Å². The first kappa shape index (κ1) is 21.0. The maximum atomic E-state index is 12.4. The van der Waals surface area contributed by atoms with Crippen LogP contribution in [-0.4, -0.2) is 23.6 Å². The van der Waals surface area contributed by atoms with Gasteiger partial charge in [0.15, 0.2) is 6.61 Å². The molecule has 2 aromatic rings. The number of benzene rings is 2. The van der Waals surface area contributed by atoms with Crippen LogP contribution in [0.25, 0.3) is 17.2 Å². The van der Waals surface area contributed by atoms with Crippen molar-refractivity contribution in [1.82, 2.24) is 0 Å². The van der Waals surface area contributed by atoms with Gasteiger partial charge in [-0.3, -0.25) is 4.79 Å². The van der Waals surface area contributed by atoms with Crippen LogP contribution >= 0.6 is 23.2 Å². The van der Waals surface area contributed by atoms with Gasteiger partial charge in [0, 0.05) is 5.56 Å². The van der Waals surface area contributed by atoms with E-state index in [4.69, 9.17) is 38.8 Å². The molecule has 1 aliphatic carbocycles. The van der Waals surface area contributed by atoms with Crippen LogP contribution in [0.2, 0.25) is 10.0 Å². The number of fused-ring (bicyclic) bond motifs is 1. The minimum Gasteiger partial charge on any atom is -0.481 e. The third-order valence-corrected chi connectivity index (χ3v) is 5.58. The van der Waals surface area contributed by atoms with Crippen molar-refractivity contribution in [3.8, 4) is 5.75 Å². The summed E-state index contributed by atoms with van der Waals surface area (Å²) in [6, 6.07) is 9.00. The third-order valence-electron chi connectivity index (χ3n) is 4.74. The highest BCUT2D eigenvalue weighted by Gasteiger charge is 2.32. The van der Waals surface area contributed by atoms with Crippen LogP contribution in [0.3, 0.4) is 0 Å². The summed E-state index contributed by atoms with van der Waals surface area (Å²) >= 11 is 12.5. The van der Waals surface area contributed by atoms with E-state index in [1.165, 1.54) is 0 Å². The monoisotopic (exact) mass is 431 g/mol. The van der Waals surface area contributed by atoms with Gasteiger partial charge in [-0.2, -0.15) is 0 Å². The van der Waals surface area contributed by atoms with Gasteiger partial charge in [-0.15, -0.1) is 0 Å². The highest BCUT2D eigenvalue weighted by Crippen LogP contribution is 2.49. The van der Waals surface area contributed by atoms with E-state index in [0.717, 1.165) is 16.7 Å². The van der Waals surface area contributed by atoms with E-state index in [1.807, 2.05) is 31.2 Å². The largest absolute Gasteiger partial charge is 0.481 e. The standard InChI is InChI=1S/C22H19Cl2NO4/c1-3-13-15(9-12-5-4-6-16(23)20(12)24)14-8-7-11(2)21(29-10-17(26)27)18(14)19(13)22(25)28/h4-9H,3,10H2,1-2H3,(H2,25,28)(H,26,27)/b15-9-. The first-order valence-electron chi connectivity index (χ1n) is 8.94. The predicted octanol–water partition coefficient (Wildman–Crippen LogP) is 4.97. The Labute approximate surface area is 178 Å². The fourth-order valence-electron chi connectivity index (χ4n) is 3.52. The minimum atomic E-state index is -1.11. The first-order chi connectivity index (χ1) is 13.8. The Balaban J connectivity index is 2.30. The Bertz CT molecular complexity index is 1090. The number of carbonyl (C=O) groups is 2. The van der Waals surface area contributed by atoms with Crippen molar-refractivity contribution >= 4 is 52.3 Å². The molecule has 0 bridgehead atoms. The molecule has 0 unspecified atom stereocenters. The molecule has 150 valence electrons. The number of primary amides is 1. The summed E-state index contributed by atoms with van der Waals surface area (Å²) in [4.78, 5) is 23.4. The molecule has 29 heavy (non-hydrogen) atoms. The molecule has 0 spiro atoms. The van der Waals surface area contributed by atoms with Gasteiger partial charge in [0.1, 0.15) is 5.75 Å². The van der Waals surface area contributed by atoms with Crippen molar-refractivity contribution in [2.45, 2.75) is 20.3 Å². The van der Waals surface area contributed by atoms with E-state index in [-0.39, 0.29) is 0 Å². The number of carbonyl (C=O) groups excluding carboxylic acids is 1.